The summed E-state index contributed by atoms with van der Waals surface area (Å²) in [6.45, 7) is 0. The molecule has 3 heteroatoms. The third kappa shape index (κ3) is 1.66. The monoisotopic (exact) mass is 238 g/mol. The number of carbonyl (C=O) groups is 1. The Bertz CT molecular complexity index is 692. The van der Waals surface area contributed by atoms with Crippen molar-refractivity contribution in [2.75, 3.05) is 0 Å². The van der Waals surface area contributed by atoms with Crippen LogP contribution in [0.15, 0.2) is 59.0 Å². The topological polar surface area (TPSA) is 50.4 Å². The van der Waals surface area contributed by atoms with Crippen LogP contribution < -0.4 is 0 Å². The molecule has 0 saturated heterocycles. The van der Waals surface area contributed by atoms with Gasteiger partial charge in [0, 0.05) is 5.39 Å². The van der Waals surface area contributed by atoms with Crippen LogP contribution >= 0.6 is 0 Å². The van der Waals surface area contributed by atoms with Crippen LogP contribution in [-0.2, 0) is 0 Å². The first kappa shape index (κ1) is 10.6. The second-order valence-electron chi connectivity index (χ2n) is 3.99. The van der Waals surface area contributed by atoms with Crippen LogP contribution in [0, 0.1) is 0 Å². The molecule has 0 atom stereocenters. The number of furan rings is 1. The lowest BCUT2D eigenvalue weighted by atomic mass is 10.1. The number of ketones is 1. The second-order valence-corrected chi connectivity index (χ2v) is 3.99. The second kappa shape index (κ2) is 4.04. The van der Waals surface area contributed by atoms with E-state index in [1.54, 1.807) is 30.3 Å². The first-order valence-electron chi connectivity index (χ1n) is 5.57. The van der Waals surface area contributed by atoms with Crippen LogP contribution in [0.25, 0.3) is 11.0 Å². The van der Waals surface area contributed by atoms with Crippen LogP contribution in [0.5, 0.6) is 5.75 Å². The Morgan fingerprint density at radius 1 is 1.00 bits per heavy atom. The van der Waals surface area contributed by atoms with Gasteiger partial charge in [0.2, 0.25) is 5.78 Å². The number of hydrogen-bond donors (Lipinski definition) is 1. The third-order valence-corrected chi connectivity index (χ3v) is 2.80. The highest BCUT2D eigenvalue weighted by molar-refractivity contribution is 6.10. The highest BCUT2D eigenvalue weighted by Crippen LogP contribution is 2.24. The molecule has 3 rings (SSSR count). The van der Waals surface area contributed by atoms with Crippen molar-refractivity contribution in [2.45, 2.75) is 0 Å². The van der Waals surface area contributed by atoms with Gasteiger partial charge in [-0.05, 0) is 24.3 Å². The van der Waals surface area contributed by atoms with Crippen LogP contribution in [0.1, 0.15) is 16.1 Å². The van der Waals surface area contributed by atoms with Gasteiger partial charge in [-0.3, -0.25) is 4.79 Å². The first-order chi connectivity index (χ1) is 8.75. The smallest absolute Gasteiger partial charge is 0.231 e. The predicted octanol–water partition coefficient (Wildman–Crippen LogP) is 3.37. The standard InChI is InChI=1S/C15H10O3/c16-12-7-3-2-6-11(12)15(17)14-9-10-5-1-4-8-13(10)18-14/h1-9,16H. The summed E-state index contributed by atoms with van der Waals surface area (Å²) in [5, 5.41) is 10.5. The molecule has 2 aromatic carbocycles. The summed E-state index contributed by atoms with van der Waals surface area (Å²) in [5.74, 6) is -0.120. The summed E-state index contributed by atoms with van der Waals surface area (Å²) < 4.78 is 5.48. The van der Waals surface area contributed by atoms with Crippen molar-refractivity contribution in [2.24, 2.45) is 0 Å². The van der Waals surface area contributed by atoms with Crippen LogP contribution in [-0.4, -0.2) is 10.9 Å². The van der Waals surface area contributed by atoms with E-state index in [4.69, 9.17) is 4.42 Å². The Morgan fingerprint density at radius 2 is 1.72 bits per heavy atom. The number of carbonyl (C=O) groups excluding carboxylic acids is 1. The largest absolute Gasteiger partial charge is 0.507 e. The van der Waals surface area contributed by atoms with Crippen molar-refractivity contribution in [1.29, 1.82) is 0 Å². The van der Waals surface area contributed by atoms with Crippen molar-refractivity contribution in [3.05, 3.63) is 65.9 Å². The Balaban J connectivity index is 2.10. The maximum Gasteiger partial charge on any atom is 0.231 e. The van der Waals surface area contributed by atoms with Crippen molar-refractivity contribution < 1.29 is 14.3 Å². The maximum atomic E-state index is 12.2. The molecule has 0 aliphatic heterocycles. The highest BCUT2D eigenvalue weighted by Gasteiger charge is 2.17. The summed E-state index contributed by atoms with van der Waals surface area (Å²) >= 11 is 0. The number of para-hydroxylation sites is 2. The predicted molar refractivity (Wildman–Crippen MR) is 67.8 cm³/mol. The molecule has 18 heavy (non-hydrogen) atoms. The van der Waals surface area contributed by atoms with Gasteiger partial charge in [-0.2, -0.15) is 0 Å². The summed E-state index contributed by atoms with van der Waals surface area (Å²) in [6, 6.07) is 15.5. The zero-order chi connectivity index (χ0) is 12.5. The molecule has 0 unspecified atom stereocenters. The molecule has 0 radical (unpaired) electrons. The van der Waals surface area contributed by atoms with Gasteiger partial charge in [0.15, 0.2) is 5.76 Å². The Labute approximate surface area is 103 Å². The molecule has 0 fully saturated rings. The van der Waals surface area contributed by atoms with Crippen LogP contribution in [0.3, 0.4) is 0 Å². The normalized spacial score (nSPS) is 10.7. The quantitative estimate of drug-likeness (QED) is 0.696. The summed E-state index contributed by atoms with van der Waals surface area (Å²) in [5.41, 5.74) is 0.910. The maximum absolute atomic E-state index is 12.2. The molecule has 0 saturated carbocycles. The lowest BCUT2D eigenvalue weighted by Crippen LogP contribution is -1.99. The number of phenolic OH excluding ortho intramolecular Hbond substituents is 1. The SMILES string of the molecule is O=C(c1cc2ccccc2o1)c1ccccc1O. The molecule has 1 aromatic heterocycles. The molecular formula is C15H10O3. The first-order valence-corrected chi connectivity index (χ1v) is 5.57. The number of hydrogen-bond acceptors (Lipinski definition) is 3. The third-order valence-electron chi connectivity index (χ3n) is 2.80. The molecule has 0 amide bonds. The lowest BCUT2D eigenvalue weighted by Gasteiger charge is -1.99. The Kier molecular flexibility index (Phi) is 2.38. The van der Waals surface area contributed by atoms with Gasteiger partial charge in [0.25, 0.3) is 0 Å². The molecule has 0 bridgehead atoms. The Hall–Kier alpha value is -2.55. The van der Waals surface area contributed by atoms with Gasteiger partial charge >= 0.3 is 0 Å². The molecule has 0 spiro atoms. The van der Waals surface area contributed by atoms with E-state index in [-0.39, 0.29) is 22.9 Å². The molecule has 1 heterocycles. The molecular weight excluding hydrogens is 228 g/mol. The number of rotatable bonds is 2. The molecule has 3 nitrogen and oxygen atoms in total. The fourth-order valence-electron chi connectivity index (χ4n) is 1.89. The Morgan fingerprint density at radius 3 is 2.50 bits per heavy atom. The molecule has 0 aliphatic carbocycles. The van der Waals surface area contributed by atoms with Crippen molar-refractivity contribution >= 4 is 16.8 Å². The molecule has 88 valence electrons. The minimum absolute atomic E-state index is 0.0389. The fraction of sp³-hybridized carbons (Fsp3) is 0. The lowest BCUT2D eigenvalue weighted by molar-refractivity contribution is 0.101. The van der Waals surface area contributed by atoms with Gasteiger partial charge in [0.1, 0.15) is 11.3 Å². The zero-order valence-electron chi connectivity index (χ0n) is 9.46. The minimum atomic E-state index is -0.315. The van der Waals surface area contributed by atoms with E-state index < -0.39 is 0 Å². The van der Waals surface area contributed by atoms with Gasteiger partial charge in [0.05, 0.1) is 5.56 Å². The number of fused-ring (bicyclic) bond motifs is 1. The summed E-state index contributed by atoms with van der Waals surface area (Å²) in [7, 11) is 0. The van der Waals surface area contributed by atoms with E-state index in [0.29, 0.717) is 5.58 Å². The van der Waals surface area contributed by atoms with E-state index in [2.05, 4.69) is 0 Å². The summed E-state index contributed by atoms with van der Waals surface area (Å²) in [4.78, 5) is 12.2. The van der Waals surface area contributed by atoms with Crippen molar-refractivity contribution in [3.8, 4) is 5.75 Å². The van der Waals surface area contributed by atoms with Crippen molar-refractivity contribution in [1.82, 2.24) is 0 Å². The molecule has 0 aliphatic rings. The fourth-order valence-corrected chi connectivity index (χ4v) is 1.89. The summed E-state index contributed by atoms with van der Waals surface area (Å²) in [6.07, 6.45) is 0. The van der Waals surface area contributed by atoms with E-state index >= 15 is 0 Å². The molecule has 3 aromatic rings. The van der Waals surface area contributed by atoms with Gasteiger partial charge in [-0.15, -0.1) is 0 Å². The minimum Gasteiger partial charge on any atom is -0.507 e. The van der Waals surface area contributed by atoms with Crippen molar-refractivity contribution in [3.63, 3.8) is 0 Å². The van der Waals surface area contributed by atoms with E-state index in [0.717, 1.165) is 5.39 Å². The van der Waals surface area contributed by atoms with Gasteiger partial charge in [-0.1, -0.05) is 30.3 Å². The average molecular weight is 238 g/mol. The highest BCUT2D eigenvalue weighted by atomic mass is 16.3. The van der Waals surface area contributed by atoms with E-state index in [1.807, 2.05) is 18.2 Å². The van der Waals surface area contributed by atoms with Gasteiger partial charge in [-0.25, -0.2) is 0 Å². The number of aromatic hydroxyl groups is 1. The van der Waals surface area contributed by atoms with E-state index in [1.165, 1.54) is 6.07 Å². The zero-order valence-corrected chi connectivity index (χ0v) is 9.46. The number of phenols is 1. The number of benzene rings is 2. The van der Waals surface area contributed by atoms with Crippen LogP contribution in [0.4, 0.5) is 0 Å². The van der Waals surface area contributed by atoms with Gasteiger partial charge < -0.3 is 9.52 Å². The van der Waals surface area contributed by atoms with Crippen LogP contribution in [0.2, 0.25) is 0 Å². The molecule has 1 N–H and O–H groups in total. The van der Waals surface area contributed by atoms with E-state index in [9.17, 15) is 9.90 Å². The average Bonchev–Trinajstić information content (AvgIpc) is 2.82.